The van der Waals surface area contributed by atoms with Gasteiger partial charge in [-0.2, -0.15) is 0 Å². The van der Waals surface area contributed by atoms with E-state index in [1.54, 1.807) is 6.20 Å². The summed E-state index contributed by atoms with van der Waals surface area (Å²) in [5.74, 6) is 0.927. The number of amides is 1. The highest BCUT2D eigenvalue weighted by atomic mass is 16.2. The number of hydrogen-bond donors (Lipinski definition) is 2. The van der Waals surface area contributed by atoms with Crippen LogP contribution in [0.3, 0.4) is 0 Å². The van der Waals surface area contributed by atoms with Crippen molar-refractivity contribution in [1.29, 1.82) is 0 Å². The number of aryl methyl sites for hydroxylation is 1. The van der Waals surface area contributed by atoms with E-state index in [-0.39, 0.29) is 11.8 Å². The summed E-state index contributed by atoms with van der Waals surface area (Å²) in [4.78, 5) is 16.2. The molecule has 0 spiro atoms. The Bertz CT molecular complexity index is 621. The fraction of sp³-hybridized carbons (Fsp3) is 0.368. The summed E-state index contributed by atoms with van der Waals surface area (Å²) < 4.78 is 0. The molecule has 3 rings (SSSR count). The molecule has 120 valence electrons. The molecule has 1 fully saturated rings. The van der Waals surface area contributed by atoms with Crippen molar-refractivity contribution in [3.05, 3.63) is 54.2 Å². The van der Waals surface area contributed by atoms with Crippen LogP contribution in [0.15, 0.2) is 48.7 Å². The van der Waals surface area contributed by atoms with Crippen molar-refractivity contribution < 1.29 is 4.79 Å². The molecular formula is C19H23N3O. The highest BCUT2D eigenvalue weighted by Crippen LogP contribution is 2.27. The van der Waals surface area contributed by atoms with E-state index in [4.69, 9.17) is 0 Å². The zero-order chi connectivity index (χ0) is 15.9. The average Bonchev–Trinajstić information content (AvgIpc) is 2.52. The molecule has 4 heteroatoms. The van der Waals surface area contributed by atoms with E-state index in [1.165, 1.54) is 5.56 Å². The minimum Gasteiger partial charge on any atom is -0.384 e. The van der Waals surface area contributed by atoms with Gasteiger partial charge < -0.3 is 10.6 Å². The maximum Gasteiger partial charge on any atom is 0.228 e. The Hall–Kier alpha value is -2.36. The molecule has 1 heterocycles. The first kappa shape index (κ1) is 15.5. The first-order valence-corrected chi connectivity index (χ1v) is 8.36. The first-order chi connectivity index (χ1) is 11.3. The van der Waals surface area contributed by atoms with Gasteiger partial charge in [0, 0.05) is 12.5 Å². The molecule has 1 aromatic heterocycles. The second kappa shape index (κ2) is 7.77. The van der Waals surface area contributed by atoms with E-state index in [2.05, 4.69) is 39.9 Å². The van der Waals surface area contributed by atoms with E-state index in [9.17, 15) is 4.79 Å². The van der Waals surface area contributed by atoms with Crippen molar-refractivity contribution in [2.45, 2.75) is 32.1 Å². The molecule has 1 aliphatic carbocycles. The van der Waals surface area contributed by atoms with Gasteiger partial charge in [0.05, 0.1) is 11.9 Å². The number of nitrogens with zero attached hydrogens (tertiary/aromatic N) is 1. The van der Waals surface area contributed by atoms with Crippen LogP contribution in [-0.2, 0) is 11.2 Å². The quantitative estimate of drug-likeness (QED) is 0.764. The van der Waals surface area contributed by atoms with Gasteiger partial charge in [-0.25, -0.2) is 4.98 Å². The number of nitrogens with one attached hydrogen (secondary N) is 2. The molecule has 2 aromatic rings. The van der Waals surface area contributed by atoms with Crippen LogP contribution in [0.2, 0.25) is 0 Å². The van der Waals surface area contributed by atoms with Crippen LogP contribution in [0.25, 0.3) is 0 Å². The van der Waals surface area contributed by atoms with Crippen LogP contribution in [0.5, 0.6) is 0 Å². The molecule has 0 atom stereocenters. The Kier molecular flexibility index (Phi) is 5.25. The molecule has 1 amide bonds. The summed E-state index contributed by atoms with van der Waals surface area (Å²) in [6, 6.07) is 14.3. The van der Waals surface area contributed by atoms with Crippen molar-refractivity contribution in [3.8, 4) is 0 Å². The highest BCUT2D eigenvalue weighted by molar-refractivity contribution is 5.92. The fourth-order valence-electron chi connectivity index (χ4n) is 2.64. The zero-order valence-electron chi connectivity index (χ0n) is 13.3. The summed E-state index contributed by atoms with van der Waals surface area (Å²) in [6.45, 7) is 0.907. The molecule has 0 unspecified atom stereocenters. The van der Waals surface area contributed by atoms with Crippen LogP contribution in [0.1, 0.15) is 31.2 Å². The molecule has 0 radical (unpaired) electrons. The zero-order valence-corrected chi connectivity index (χ0v) is 13.3. The monoisotopic (exact) mass is 309 g/mol. The number of hydrogen-bond acceptors (Lipinski definition) is 3. The number of aromatic nitrogens is 1. The number of carbonyl (C=O) groups is 1. The first-order valence-electron chi connectivity index (χ1n) is 8.36. The van der Waals surface area contributed by atoms with Crippen molar-refractivity contribution in [2.24, 2.45) is 5.92 Å². The van der Waals surface area contributed by atoms with Gasteiger partial charge in [0.1, 0.15) is 5.82 Å². The van der Waals surface area contributed by atoms with Crippen molar-refractivity contribution in [2.75, 3.05) is 17.2 Å². The maximum absolute atomic E-state index is 11.9. The molecule has 0 bridgehead atoms. The van der Waals surface area contributed by atoms with Crippen molar-refractivity contribution in [3.63, 3.8) is 0 Å². The van der Waals surface area contributed by atoms with Gasteiger partial charge in [0.2, 0.25) is 5.91 Å². The maximum atomic E-state index is 11.9. The molecular weight excluding hydrogens is 286 g/mol. The molecule has 4 nitrogen and oxygen atoms in total. The summed E-state index contributed by atoms with van der Waals surface area (Å²) in [6.07, 6.45) is 7.09. The van der Waals surface area contributed by atoms with Gasteiger partial charge in [-0.3, -0.25) is 4.79 Å². The van der Waals surface area contributed by atoms with E-state index in [0.717, 1.165) is 44.3 Å². The van der Waals surface area contributed by atoms with Gasteiger partial charge in [-0.1, -0.05) is 36.8 Å². The minimum absolute atomic E-state index is 0.104. The normalized spacial score (nSPS) is 14.1. The van der Waals surface area contributed by atoms with E-state index in [1.807, 2.05) is 18.2 Å². The SMILES string of the molecule is O=C(Nc1ccc(NCCCc2ccccc2)cn1)C1CCC1. The number of benzene rings is 1. The molecule has 1 aromatic carbocycles. The lowest BCUT2D eigenvalue weighted by molar-refractivity contribution is -0.122. The molecule has 0 saturated heterocycles. The molecule has 23 heavy (non-hydrogen) atoms. The second-order valence-corrected chi connectivity index (χ2v) is 6.07. The third-order valence-corrected chi connectivity index (χ3v) is 4.30. The van der Waals surface area contributed by atoms with E-state index in [0.29, 0.717) is 5.82 Å². The Morgan fingerprint density at radius 1 is 1.13 bits per heavy atom. The summed E-state index contributed by atoms with van der Waals surface area (Å²) in [7, 11) is 0. The fourth-order valence-corrected chi connectivity index (χ4v) is 2.64. The lowest BCUT2D eigenvalue weighted by Gasteiger charge is -2.23. The number of anilines is 2. The van der Waals surface area contributed by atoms with Crippen LogP contribution in [-0.4, -0.2) is 17.4 Å². The smallest absolute Gasteiger partial charge is 0.228 e. The predicted molar refractivity (Wildman–Crippen MR) is 93.5 cm³/mol. The Balaban J connectivity index is 1.39. The Labute approximate surface area is 137 Å². The van der Waals surface area contributed by atoms with Crippen molar-refractivity contribution in [1.82, 2.24) is 4.98 Å². The largest absolute Gasteiger partial charge is 0.384 e. The lowest BCUT2D eigenvalue weighted by atomic mass is 9.85. The van der Waals surface area contributed by atoms with E-state index < -0.39 is 0 Å². The van der Waals surface area contributed by atoms with Gasteiger partial charge in [-0.15, -0.1) is 0 Å². The summed E-state index contributed by atoms with van der Waals surface area (Å²) in [5.41, 5.74) is 2.35. The van der Waals surface area contributed by atoms with Crippen LogP contribution >= 0.6 is 0 Å². The summed E-state index contributed by atoms with van der Waals surface area (Å²) in [5, 5.41) is 6.25. The average molecular weight is 309 g/mol. The van der Waals surface area contributed by atoms with Crippen LogP contribution in [0.4, 0.5) is 11.5 Å². The third-order valence-electron chi connectivity index (χ3n) is 4.30. The minimum atomic E-state index is 0.104. The van der Waals surface area contributed by atoms with Gasteiger partial charge >= 0.3 is 0 Å². The Morgan fingerprint density at radius 3 is 2.61 bits per heavy atom. The molecule has 0 aliphatic heterocycles. The predicted octanol–water partition coefficient (Wildman–Crippen LogP) is 3.86. The number of pyridine rings is 1. The van der Waals surface area contributed by atoms with Crippen LogP contribution in [0, 0.1) is 5.92 Å². The molecule has 2 N–H and O–H groups in total. The van der Waals surface area contributed by atoms with Gasteiger partial charge in [-0.05, 0) is 43.4 Å². The molecule has 1 aliphatic rings. The van der Waals surface area contributed by atoms with Gasteiger partial charge in [0.25, 0.3) is 0 Å². The number of carbonyl (C=O) groups excluding carboxylic acids is 1. The standard InChI is InChI=1S/C19H23N3O/c23-19(16-9-4-10-16)22-18-12-11-17(14-21-18)20-13-5-8-15-6-2-1-3-7-15/h1-3,6-7,11-12,14,16,20H,4-5,8-10,13H2,(H,21,22,23). The number of rotatable bonds is 7. The topological polar surface area (TPSA) is 54.0 Å². The highest BCUT2D eigenvalue weighted by Gasteiger charge is 2.25. The molecule has 1 saturated carbocycles. The lowest BCUT2D eigenvalue weighted by Crippen LogP contribution is -2.28. The Morgan fingerprint density at radius 2 is 1.96 bits per heavy atom. The summed E-state index contributed by atoms with van der Waals surface area (Å²) >= 11 is 0. The van der Waals surface area contributed by atoms with Gasteiger partial charge in [0.15, 0.2) is 0 Å². The third kappa shape index (κ3) is 4.55. The second-order valence-electron chi connectivity index (χ2n) is 6.07. The van der Waals surface area contributed by atoms with Crippen LogP contribution < -0.4 is 10.6 Å². The van der Waals surface area contributed by atoms with E-state index >= 15 is 0 Å². The van der Waals surface area contributed by atoms with Crippen molar-refractivity contribution >= 4 is 17.4 Å².